The van der Waals surface area contributed by atoms with Gasteiger partial charge in [-0.2, -0.15) is 5.10 Å². The fraction of sp³-hybridized carbons (Fsp3) is 0.133. The van der Waals surface area contributed by atoms with E-state index in [4.69, 9.17) is 5.73 Å². The zero-order valence-electron chi connectivity index (χ0n) is 10.8. The lowest BCUT2D eigenvalue weighted by Gasteiger charge is -2.15. The van der Waals surface area contributed by atoms with E-state index < -0.39 is 11.9 Å². The average molecular weight is 266 g/mol. The zero-order chi connectivity index (χ0) is 13.9. The van der Waals surface area contributed by atoms with Crippen LogP contribution in [0.4, 0.5) is 0 Å². The van der Waals surface area contributed by atoms with Gasteiger partial charge in [0, 0.05) is 24.2 Å². The van der Waals surface area contributed by atoms with Gasteiger partial charge in [-0.3, -0.25) is 14.5 Å². The van der Waals surface area contributed by atoms with E-state index in [1.54, 1.807) is 23.3 Å². The van der Waals surface area contributed by atoms with Crippen molar-refractivity contribution in [2.75, 3.05) is 0 Å². The molecule has 1 amide bonds. The molecule has 100 valence electrons. The summed E-state index contributed by atoms with van der Waals surface area (Å²) in [5.41, 5.74) is 7.46. The van der Waals surface area contributed by atoms with Gasteiger partial charge in [-0.1, -0.05) is 30.3 Å². The Hall–Kier alpha value is -2.69. The molecule has 0 saturated carbocycles. The Morgan fingerprint density at radius 3 is 2.75 bits per heavy atom. The van der Waals surface area contributed by atoms with Crippen LogP contribution in [0, 0.1) is 0 Å². The molecule has 3 aromatic rings. The van der Waals surface area contributed by atoms with Gasteiger partial charge in [0.05, 0.1) is 11.7 Å². The number of carbonyl (C=O) groups is 1. The number of hydrogen-bond donors (Lipinski definition) is 1. The van der Waals surface area contributed by atoms with Gasteiger partial charge in [0.15, 0.2) is 0 Å². The normalized spacial score (nSPS) is 12.4. The predicted octanol–water partition coefficient (Wildman–Crippen LogP) is 1.70. The highest BCUT2D eigenvalue weighted by atomic mass is 16.1. The Morgan fingerprint density at radius 1 is 1.20 bits per heavy atom. The first-order valence-electron chi connectivity index (χ1n) is 6.36. The molecule has 0 aliphatic carbocycles. The van der Waals surface area contributed by atoms with Crippen LogP contribution in [-0.4, -0.2) is 20.7 Å². The predicted molar refractivity (Wildman–Crippen MR) is 75.9 cm³/mol. The van der Waals surface area contributed by atoms with Crippen LogP contribution in [0.2, 0.25) is 0 Å². The molecule has 5 nitrogen and oxygen atoms in total. The lowest BCUT2D eigenvalue weighted by Crippen LogP contribution is -2.29. The van der Waals surface area contributed by atoms with Crippen molar-refractivity contribution in [3.63, 3.8) is 0 Å². The summed E-state index contributed by atoms with van der Waals surface area (Å²) in [5, 5.41) is 5.18. The van der Waals surface area contributed by atoms with Crippen LogP contribution < -0.4 is 5.73 Å². The Morgan fingerprint density at radius 2 is 2.00 bits per heavy atom. The Bertz CT molecular complexity index is 736. The SMILES string of the molecule is NC(=O)C(Cc1ccccc1)n1ncc2cnccc21. The van der Waals surface area contributed by atoms with Crippen molar-refractivity contribution in [1.82, 2.24) is 14.8 Å². The van der Waals surface area contributed by atoms with E-state index in [1.165, 1.54) is 0 Å². The molecule has 2 heterocycles. The maximum Gasteiger partial charge on any atom is 0.242 e. The topological polar surface area (TPSA) is 73.8 Å². The van der Waals surface area contributed by atoms with E-state index in [0.29, 0.717) is 6.42 Å². The number of aromatic nitrogens is 3. The second-order valence-electron chi connectivity index (χ2n) is 4.63. The van der Waals surface area contributed by atoms with Crippen LogP contribution in [0.3, 0.4) is 0 Å². The molecule has 20 heavy (non-hydrogen) atoms. The molecule has 1 atom stereocenters. The first-order chi connectivity index (χ1) is 9.75. The summed E-state index contributed by atoms with van der Waals surface area (Å²) in [6, 6.07) is 11.1. The third kappa shape index (κ3) is 2.25. The summed E-state index contributed by atoms with van der Waals surface area (Å²) in [4.78, 5) is 15.8. The number of amides is 1. The maximum absolute atomic E-state index is 11.8. The number of benzene rings is 1. The van der Waals surface area contributed by atoms with Crippen molar-refractivity contribution in [2.45, 2.75) is 12.5 Å². The Labute approximate surface area is 116 Å². The van der Waals surface area contributed by atoms with Gasteiger partial charge in [0.25, 0.3) is 0 Å². The Balaban J connectivity index is 2.01. The number of rotatable bonds is 4. The van der Waals surface area contributed by atoms with E-state index in [1.807, 2.05) is 36.4 Å². The number of hydrogen-bond acceptors (Lipinski definition) is 3. The quantitative estimate of drug-likeness (QED) is 0.781. The zero-order valence-corrected chi connectivity index (χ0v) is 10.8. The van der Waals surface area contributed by atoms with Gasteiger partial charge >= 0.3 is 0 Å². The van der Waals surface area contributed by atoms with E-state index in [0.717, 1.165) is 16.5 Å². The van der Waals surface area contributed by atoms with Crippen LogP contribution in [0.15, 0.2) is 55.0 Å². The second kappa shape index (κ2) is 5.13. The van der Waals surface area contributed by atoms with E-state index in [-0.39, 0.29) is 0 Å². The molecule has 0 spiro atoms. The van der Waals surface area contributed by atoms with Crippen molar-refractivity contribution in [3.05, 3.63) is 60.6 Å². The minimum atomic E-state index is -0.503. The summed E-state index contributed by atoms with van der Waals surface area (Å²) in [6.45, 7) is 0. The van der Waals surface area contributed by atoms with Gasteiger partial charge in [0.1, 0.15) is 6.04 Å². The Kier molecular flexibility index (Phi) is 3.16. The summed E-state index contributed by atoms with van der Waals surface area (Å²) in [6.07, 6.45) is 5.62. The maximum atomic E-state index is 11.8. The summed E-state index contributed by atoms with van der Waals surface area (Å²) in [5.74, 6) is -0.393. The van der Waals surface area contributed by atoms with Crippen LogP contribution >= 0.6 is 0 Å². The fourth-order valence-corrected chi connectivity index (χ4v) is 2.29. The smallest absolute Gasteiger partial charge is 0.242 e. The molecule has 1 aromatic carbocycles. The van der Waals surface area contributed by atoms with E-state index in [2.05, 4.69) is 10.1 Å². The van der Waals surface area contributed by atoms with Gasteiger partial charge in [-0.15, -0.1) is 0 Å². The van der Waals surface area contributed by atoms with Gasteiger partial charge in [0.2, 0.25) is 5.91 Å². The minimum absolute atomic E-state index is 0.393. The highest BCUT2D eigenvalue weighted by Gasteiger charge is 2.20. The molecule has 0 bridgehead atoms. The fourth-order valence-electron chi connectivity index (χ4n) is 2.29. The number of nitrogens with two attached hydrogens (primary N) is 1. The highest BCUT2D eigenvalue weighted by molar-refractivity contribution is 5.83. The van der Waals surface area contributed by atoms with Crippen LogP contribution in [0.25, 0.3) is 10.9 Å². The number of carbonyl (C=O) groups excluding carboxylic acids is 1. The molecule has 0 fully saturated rings. The van der Waals surface area contributed by atoms with E-state index >= 15 is 0 Å². The van der Waals surface area contributed by atoms with Crippen LogP contribution in [-0.2, 0) is 11.2 Å². The molecular formula is C15H14N4O. The molecule has 2 N–H and O–H groups in total. The second-order valence-corrected chi connectivity index (χ2v) is 4.63. The summed E-state index contributed by atoms with van der Waals surface area (Å²) >= 11 is 0. The molecule has 3 rings (SSSR count). The highest BCUT2D eigenvalue weighted by Crippen LogP contribution is 2.20. The van der Waals surface area contributed by atoms with Crippen LogP contribution in [0.5, 0.6) is 0 Å². The van der Waals surface area contributed by atoms with Crippen molar-refractivity contribution in [1.29, 1.82) is 0 Å². The molecule has 0 aliphatic rings. The van der Waals surface area contributed by atoms with E-state index in [9.17, 15) is 4.79 Å². The molecule has 0 saturated heterocycles. The standard InChI is InChI=1S/C15H14N4O/c16-15(20)14(8-11-4-2-1-3-5-11)19-13-6-7-17-9-12(13)10-18-19/h1-7,9-10,14H,8H2,(H2,16,20). The number of fused-ring (bicyclic) bond motifs is 1. The molecule has 0 radical (unpaired) electrons. The van der Waals surface area contributed by atoms with Crippen molar-refractivity contribution in [2.24, 2.45) is 5.73 Å². The minimum Gasteiger partial charge on any atom is -0.368 e. The van der Waals surface area contributed by atoms with Gasteiger partial charge in [-0.05, 0) is 11.6 Å². The van der Waals surface area contributed by atoms with Crippen LogP contribution in [0.1, 0.15) is 11.6 Å². The molecule has 5 heteroatoms. The summed E-state index contributed by atoms with van der Waals surface area (Å²) < 4.78 is 1.67. The number of nitrogens with zero attached hydrogens (tertiary/aromatic N) is 3. The van der Waals surface area contributed by atoms with Crippen molar-refractivity contribution < 1.29 is 4.79 Å². The lowest BCUT2D eigenvalue weighted by atomic mass is 10.1. The molecular weight excluding hydrogens is 252 g/mol. The first-order valence-corrected chi connectivity index (χ1v) is 6.36. The molecule has 2 aromatic heterocycles. The van der Waals surface area contributed by atoms with Gasteiger partial charge in [-0.25, -0.2) is 0 Å². The first kappa shape index (κ1) is 12.3. The number of primary amides is 1. The van der Waals surface area contributed by atoms with Crippen molar-refractivity contribution in [3.8, 4) is 0 Å². The largest absolute Gasteiger partial charge is 0.368 e. The molecule has 0 aliphatic heterocycles. The average Bonchev–Trinajstić information content (AvgIpc) is 2.89. The van der Waals surface area contributed by atoms with Gasteiger partial charge < -0.3 is 5.73 Å². The third-order valence-corrected chi connectivity index (χ3v) is 3.29. The van der Waals surface area contributed by atoms with Crippen molar-refractivity contribution >= 4 is 16.8 Å². The molecule has 1 unspecified atom stereocenters. The number of pyridine rings is 1. The summed E-state index contributed by atoms with van der Waals surface area (Å²) in [7, 11) is 0. The monoisotopic (exact) mass is 266 g/mol. The lowest BCUT2D eigenvalue weighted by molar-refractivity contribution is -0.121. The third-order valence-electron chi connectivity index (χ3n) is 3.29.